The van der Waals surface area contributed by atoms with Crippen LogP contribution in [-0.2, 0) is 4.79 Å². The molecule has 3 aromatic rings. The second-order valence-corrected chi connectivity index (χ2v) is 6.62. The molecule has 2 amide bonds. The average molecular weight is 434 g/mol. The molecule has 5 nitrogen and oxygen atoms in total. The molecule has 0 aliphatic heterocycles. The lowest BCUT2D eigenvalue weighted by Crippen LogP contribution is -2.32. The summed E-state index contributed by atoms with van der Waals surface area (Å²) in [7, 11) is 0. The summed E-state index contributed by atoms with van der Waals surface area (Å²) in [5, 5.41) is 5.76. The zero-order valence-electron chi connectivity index (χ0n) is 13.5. The van der Waals surface area contributed by atoms with Crippen LogP contribution < -0.4 is 10.6 Å². The Bertz CT molecular complexity index is 955. The SMILES string of the molecule is O=C(CNC(=O)c1ccc(-c2ccccc2Cl)o1)Nc1ccccc1Br. The topological polar surface area (TPSA) is 71.3 Å². The maximum absolute atomic E-state index is 12.2. The van der Waals surface area contributed by atoms with Gasteiger partial charge in [-0.1, -0.05) is 35.9 Å². The van der Waals surface area contributed by atoms with E-state index in [0.717, 1.165) is 4.47 Å². The molecular formula is C19H14BrClN2O3. The van der Waals surface area contributed by atoms with Crippen LogP contribution in [0.5, 0.6) is 0 Å². The van der Waals surface area contributed by atoms with Crippen molar-refractivity contribution in [1.82, 2.24) is 5.32 Å². The van der Waals surface area contributed by atoms with E-state index >= 15 is 0 Å². The molecule has 2 N–H and O–H groups in total. The Morgan fingerprint density at radius 2 is 1.73 bits per heavy atom. The number of amides is 2. The van der Waals surface area contributed by atoms with Crippen molar-refractivity contribution in [3.63, 3.8) is 0 Å². The standard InChI is InChI=1S/C19H14BrClN2O3/c20-13-6-2-4-8-15(13)23-18(24)11-22-19(25)17-10-9-16(26-17)12-5-1-3-7-14(12)21/h1-10H,11H2,(H,22,25)(H,23,24). The molecule has 0 radical (unpaired) electrons. The number of rotatable bonds is 5. The summed E-state index contributed by atoms with van der Waals surface area (Å²) in [5.41, 5.74) is 1.32. The maximum atomic E-state index is 12.2. The molecule has 0 unspecified atom stereocenters. The molecule has 26 heavy (non-hydrogen) atoms. The number of hydrogen-bond donors (Lipinski definition) is 2. The highest BCUT2D eigenvalue weighted by atomic mass is 79.9. The number of halogens is 2. The second kappa shape index (κ2) is 8.21. The van der Waals surface area contributed by atoms with Crippen LogP contribution >= 0.6 is 27.5 Å². The van der Waals surface area contributed by atoms with Crippen LogP contribution in [0, 0.1) is 0 Å². The smallest absolute Gasteiger partial charge is 0.287 e. The Morgan fingerprint density at radius 1 is 1.00 bits per heavy atom. The van der Waals surface area contributed by atoms with Crippen molar-refractivity contribution in [3.05, 3.63) is 75.9 Å². The lowest BCUT2D eigenvalue weighted by molar-refractivity contribution is -0.115. The summed E-state index contributed by atoms with van der Waals surface area (Å²) in [6.07, 6.45) is 0. The molecule has 0 aliphatic carbocycles. The van der Waals surface area contributed by atoms with Crippen LogP contribution in [-0.4, -0.2) is 18.4 Å². The lowest BCUT2D eigenvalue weighted by Gasteiger charge is -2.07. The van der Waals surface area contributed by atoms with Gasteiger partial charge in [0, 0.05) is 10.0 Å². The van der Waals surface area contributed by atoms with Gasteiger partial charge in [-0.2, -0.15) is 0 Å². The van der Waals surface area contributed by atoms with Gasteiger partial charge in [0.25, 0.3) is 5.91 Å². The molecule has 0 atom stereocenters. The van der Waals surface area contributed by atoms with Gasteiger partial charge in [0.1, 0.15) is 5.76 Å². The predicted octanol–water partition coefficient (Wildman–Crippen LogP) is 4.73. The fraction of sp³-hybridized carbons (Fsp3) is 0.0526. The van der Waals surface area contributed by atoms with Crippen LogP contribution in [0.4, 0.5) is 5.69 Å². The van der Waals surface area contributed by atoms with Crippen molar-refractivity contribution in [2.75, 3.05) is 11.9 Å². The van der Waals surface area contributed by atoms with Crippen molar-refractivity contribution < 1.29 is 14.0 Å². The molecule has 132 valence electrons. The van der Waals surface area contributed by atoms with E-state index in [1.165, 1.54) is 0 Å². The van der Waals surface area contributed by atoms with Gasteiger partial charge in [-0.3, -0.25) is 9.59 Å². The van der Waals surface area contributed by atoms with Gasteiger partial charge >= 0.3 is 0 Å². The van der Waals surface area contributed by atoms with Gasteiger partial charge in [0.2, 0.25) is 5.91 Å². The van der Waals surface area contributed by atoms with E-state index < -0.39 is 5.91 Å². The van der Waals surface area contributed by atoms with Crippen LogP contribution in [0.15, 0.2) is 69.6 Å². The first-order valence-electron chi connectivity index (χ1n) is 7.72. The van der Waals surface area contributed by atoms with Gasteiger partial charge < -0.3 is 15.1 Å². The van der Waals surface area contributed by atoms with Gasteiger partial charge in [0.15, 0.2) is 5.76 Å². The van der Waals surface area contributed by atoms with Crippen LogP contribution in [0.25, 0.3) is 11.3 Å². The molecule has 3 rings (SSSR count). The van der Waals surface area contributed by atoms with Gasteiger partial charge in [-0.05, 0) is 52.3 Å². The number of carbonyl (C=O) groups excluding carboxylic acids is 2. The number of para-hydroxylation sites is 1. The molecule has 7 heteroatoms. The summed E-state index contributed by atoms with van der Waals surface area (Å²) >= 11 is 9.47. The Kier molecular flexibility index (Phi) is 5.75. The van der Waals surface area contributed by atoms with Gasteiger partial charge in [-0.15, -0.1) is 0 Å². The number of hydrogen-bond acceptors (Lipinski definition) is 3. The lowest BCUT2D eigenvalue weighted by atomic mass is 10.2. The molecule has 1 heterocycles. The zero-order valence-corrected chi connectivity index (χ0v) is 15.8. The van der Waals surface area contributed by atoms with E-state index in [1.54, 1.807) is 36.4 Å². The average Bonchev–Trinajstić information content (AvgIpc) is 3.12. The van der Waals surface area contributed by atoms with E-state index in [-0.39, 0.29) is 18.2 Å². The highest BCUT2D eigenvalue weighted by Crippen LogP contribution is 2.29. The summed E-state index contributed by atoms with van der Waals surface area (Å²) in [5.74, 6) is -0.235. The summed E-state index contributed by atoms with van der Waals surface area (Å²) in [6.45, 7) is -0.178. The highest BCUT2D eigenvalue weighted by molar-refractivity contribution is 9.10. The highest BCUT2D eigenvalue weighted by Gasteiger charge is 2.15. The second-order valence-electron chi connectivity index (χ2n) is 5.35. The fourth-order valence-electron chi connectivity index (χ4n) is 2.27. The molecule has 0 saturated carbocycles. The summed E-state index contributed by atoms with van der Waals surface area (Å²) in [4.78, 5) is 24.1. The quantitative estimate of drug-likeness (QED) is 0.611. The number of anilines is 1. The summed E-state index contributed by atoms with van der Waals surface area (Å²) in [6, 6.07) is 17.6. The molecule has 2 aromatic carbocycles. The molecule has 0 spiro atoms. The Morgan fingerprint density at radius 3 is 2.50 bits per heavy atom. The maximum Gasteiger partial charge on any atom is 0.287 e. The first-order valence-corrected chi connectivity index (χ1v) is 8.89. The molecular weight excluding hydrogens is 420 g/mol. The first-order chi connectivity index (χ1) is 12.5. The van der Waals surface area contributed by atoms with Crippen molar-refractivity contribution in [2.24, 2.45) is 0 Å². The third-order valence-corrected chi connectivity index (χ3v) is 4.55. The summed E-state index contributed by atoms with van der Waals surface area (Å²) < 4.78 is 6.31. The Hall–Kier alpha value is -2.57. The number of carbonyl (C=O) groups is 2. The first kappa shape index (κ1) is 18.2. The fourth-order valence-corrected chi connectivity index (χ4v) is 2.88. The van der Waals surface area contributed by atoms with Crippen LogP contribution in [0.3, 0.4) is 0 Å². The Labute approximate surface area is 163 Å². The molecule has 0 bridgehead atoms. The van der Waals surface area contributed by atoms with E-state index in [0.29, 0.717) is 22.0 Å². The number of benzene rings is 2. The number of furan rings is 1. The number of nitrogens with one attached hydrogen (secondary N) is 2. The minimum absolute atomic E-state index is 0.105. The van der Waals surface area contributed by atoms with E-state index in [1.807, 2.05) is 24.3 Å². The van der Waals surface area contributed by atoms with Crippen molar-refractivity contribution >= 4 is 45.0 Å². The van der Waals surface area contributed by atoms with Crippen molar-refractivity contribution in [3.8, 4) is 11.3 Å². The third kappa shape index (κ3) is 4.33. The predicted molar refractivity (Wildman–Crippen MR) is 104 cm³/mol. The van der Waals surface area contributed by atoms with Gasteiger partial charge in [-0.25, -0.2) is 0 Å². The van der Waals surface area contributed by atoms with Crippen LogP contribution in [0.2, 0.25) is 5.02 Å². The third-order valence-electron chi connectivity index (χ3n) is 3.53. The van der Waals surface area contributed by atoms with E-state index in [9.17, 15) is 9.59 Å². The van der Waals surface area contributed by atoms with Crippen molar-refractivity contribution in [2.45, 2.75) is 0 Å². The van der Waals surface area contributed by atoms with Gasteiger partial charge in [0.05, 0.1) is 17.3 Å². The molecule has 1 aromatic heterocycles. The zero-order chi connectivity index (χ0) is 18.5. The minimum atomic E-state index is -0.481. The van der Waals surface area contributed by atoms with E-state index in [4.69, 9.17) is 16.0 Å². The van der Waals surface area contributed by atoms with Crippen LogP contribution in [0.1, 0.15) is 10.6 Å². The normalized spacial score (nSPS) is 10.4. The molecule has 0 fully saturated rings. The van der Waals surface area contributed by atoms with E-state index in [2.05, 4.69) is 26.6 Å². The molecule has 0 saturated heterocycles. The van der Waals surface area contributed by atoms with Crippen molar-refractivity contribution in [1.29, 1.82) is 0 Å². The largest absolute Gasteiger partial charge is 0.451 e. The Balaban J connectivity index is 1.60. The minimum Gasteiger partial charge on any atom is -0.451 e. The molecule has 0 aliphatic rings. The monoisotopic (exact) mass is 432 g/mol.